The normalized spacial score (nSPS) is 41.7. The number of rotatable bonds is 11. The van der Waals surface area contributed by atoms with E-state index in [1.165, 1.54) is 11.9 Å². The van der Waals surface area contributed by atoms with Crippen LogP contribution >= 0.6 is 0 Å². The van der Waals surface area contributed by atoms with Gasteiger partial charge in [-0.2, -0.15) is 5.10 Å². The fraction of sp³-hybridized carbons (Fsp3) is 0.860. The molecule has 6 rings (SSSR count). The highest BCUT2D eigenvalue weighted by atomic mass is 16.5. The number of nitrogens with zero attached hydrogens (tertiary/aromatic N) is 3. The SMILES string of the molecule is CC[C@@H](C)NC(=O)c1ncnn1[C@@H]1C[C@]2(C)COC[C@@]3(C4=CC[C@@]5(C)[C@H](C(=O)O)[C@@](C)([C@H](C)C(C)C)CC[C@]5(C)[C@H]4CC[C@H]23)[C@H]1OC[C@](C)(N)C(C)C. The maximum atomic E-state index is 13.8. The predicted octanol–water partition coefficient (Wildman–Crippen LogP) is 7.69. The molecule has 2 bridgehead atoms. The molecular formula is C43H71N5O5. The summed E-state index contributed by atoms with van der Waals surface area (Å²) in [6.07, 6.45) is 9.72. The van der Waals surface area contributed by atoms with Crippen molar-refractivity contribution in [3.05, 3.63) is 23.8 Å². The number of nitrogens with one attached hydrogen (secondary N) is 1. The molecule has 1 aliphatic heterocycles. The second kappa shape index (κ2) is 13.7. The van der Waals surface area contributed by atoms with Crippen molar-refractivity contribution >= 4 is 11.9 Å². The van der Waals surface area contributed by atoms with Gasteiger partial charge in [-0.05, 0) is 110 Å². The van der Waals surface area contributed by atoms with Gasteiger partial charge < -0.3 is 25.6 Å². The number of hydrogen-bond donors (Lipinski definition) is 3. The van der Waals surface area contributed by atoms with E-state index in [9.17, 15) is 14.7 Å². The summed E-state index contributed by atoms with van der Waals surface area (Å²) in [4.78, 5) is 31.9. The largest absolute Gasteiger partial charge is 0.481 e. The first-order valence-corrected chi connectivity index (χ1v) is 20.8. The monoisotopic (exact) mass is 738 g/mol. The number of carbonyl (C=O) groups excluding carboxylic acids is 1. The van der Waals surface area contributed by atoms with Crippen LogP contribution in [-0.4, -0.2) is 69.3 Å². The Balaban J connectivity index is 1.52. The van der Waals surface area contributed by atoms with Gasteiger partial charge in [-0.25, -0.2) is 9.67 Å². The van der Waals surface area contributed by atoms with E-state index >= 15 is 0 Å². The van der Waals surface area contributed by atoms with Gasteiger partial charge in [0.05, 0.1) is 37.9 Å². The summed E-state index contributed by atoms with van der Waals surface area (Å²) in [5, 5.41) is 19.1. The molecule has 10 nitrogen and oxygen atoms in total. The third-order valence-electron chi connectivity index (χ3n) is 17.0. The van der Waals surface area contributed by atoms with E-state index in [-0.39, 0.29) is 64.0 Å². The lowest BCUT2D eigenvalue weighted by Gasteiger charge is -2.71. The Hall–Kier alpha value is -2.30. The highest BCUT2D eigenvalue weighted by Gasteiger charge is 2.73. The molecule has 1 aromatic heterocycles. The van der Waals surface area contributed by atoms with Crippen LogP contribution in [0.5, 0.6) is 0 Å². The fourth-order valence-corrected chi connectivity index (χ4v) is 12.6. The van der Waals surface area contributed by atoms with Gasteiger partial charge in [-0.15, -0.1) is 0 Å². The maximum absolute atomic E-state index is 13.8. The summed E-state index contributed by atoms with van der Waals surface area (Å²) in [5.41, 5.74) is 6.07. The lowest BCUT2D eigenvalue weighted by molar-refractivity contribution is -0.254. The molecule has 0 radical (unpaired) electrons. The zero-order valence-electron chi connectivity index (χ0n) is 34.9. The van der Waals surface area contributed by atoms with Crippen LogP contribution in [0.25, 0.3) is 0 Å². The molecule has 0 aromatic carbocycles. The molecule has 2 heterocycles. The summed E-state index contributed by atoms with van der Waals surface area (Å²) in [6.45, 7) is 28.0. The van der Waals surface area contributed by atoms with Crippen molar-refractivity contribution in [2.45, 2.75) is 152 Å². The summed E-state index contributed by atoms with van der Waals surface area (Å²) >= 11 is 0. The molecule has 4 fully saturated rings. The van der Waals surface area contributed by atoms with Gasteiger partial charge in [-0.3, -0.25) is 9.59 Å². The zero-order chi connectivity index (χ0) is 39.1. The third kappa shape index (κ3) is 5.96. The van der Waals surface area contributed by atoms with E-state index < -0.39 is 28.3 Å². The number of nitrogens with two attached hydrogens (primary N) is 1. The third-order valence-corrected chi connectivity index (χ3v) is 17.0. The van der Waals surface area contributed by atoms with Gasteiger partial charge in [0, 0.05) is 17.0 Å². The molecular weight excluding hydrogens is 667 g/mol. The number of hydrogen-bond acceptors (Lipinski definition) is 7. The summed E-state index contributed by atoms with van der Waals surface area (Å²) in [7, 11) is 0. The Bertz CT molecular complexity index is 1590. The highest BCUT2D eigenvalue weighted by Crippen LogP contribution is 2.75. The van der Waals surface area contributed by atoms with Crippen LogP contribution in [0.3, 0.4) is 0 Å². The number of carboxylic acids is 1. The number of carboxylic acid groups (broad SMARTS) is 1. The minimum atomic E-state index is -0.657. The molecule has 4 aliphatic carbocycles. The second-order valence-electron chi connectivity index (χ2n) is 20.4. The van der Waals surface area contributed by atoms with Gasteiger partial charge >= 0.3 is 5.97 Å². The van der Waals surface area contributed by atoms with E-state index in [1.807, 2.05) is 11.6 Å². The van der Waals surface area contributed by atoms with Gasteiger partial charge in [-0.1, -0.05) is 80.9 Å². The van der Waals surface area contributed by atoms with Gasteiger partial charge in [0.2, 0.25) is 5.82 Å². The van der Waals surface area contributed by atoms with Crippen LogP contribution in [0.15, 0.2) is 18.0 Å². The Morgan fingerprint density at radius 3 is 2.42 bits per heavy atom. The number of allylic oxidation sites excluding steroid dienone is 1. The Labute approximate surface area is 319 Å². The number of aromatic nitrogens is 3. The van der Waals surface area contributed by atoms with Crippen LogP contribution in [-0.2, 0) is 14.3 Å². The molecule has 5 aliphatic rings. The molecule has 298 valence electrons. The number of aliphatic carboxylic acids is 1. The van der Waals surface area contributed by atoms with Crippen LogP contribution in [0.2, 0.25) is 0 Å². The smallest absolute Gasteiger partial charge is 0.307 e. The first kappa shape index (κ1) is 40.4. The van der Waals surface area contributed by atoms with Crippen LogP contribution in [0.1, 0.15) is 145 Å². The molecule has 1 aromatic rings. The van der Waals surface area contributed by atoms with Crippen molar-refractivity contribution in [2.24, 2.45) is 68.3 Å². The van der Waals surface area contributed by atoms with E-state index in [0.717, 1.165) is 38.5 Å². The van der Waals surface area contributed by atoms with Gasteiger partial charge in [0.25, 0.3) is 5.91 Å². The van der Waals surface area contributed by atoms with Crippen LogP contribution in [0.4, 0.5) is 0 Å². The average Bonchev–Trinajstić information content (AvgIpc) is 3.57. The molecule has 10 heteroatoms. The molecule has 0 spiro atoms. The molecule has 3 saturated carbocycles. The average molecular weight is 738 g/mol. The molecule has 1 amide bonds. The fourth-order valence-electron chi connectivity index (χ4n) is 12.6. The number of ether oxygens (including phenoxy) is 2. The Kier molecular flexibility index (Phi) is 10.4. The van der Waals surface area contributed by atoms with E-state index in [4.69, 9.17) is 20.3 Å². The quantitative estimate of drug-likeness (QED) is 0.196. The van der Waals surface area contributed by atoms with Gasteiger partial charge in [0.15, 0.2) is 0 Å². The Morgan fingerprint density at radius 2 is 1.79 bits per heavy atom. The van der Waals surface area contributed by atoms with Crippen molar-refractivity contribution in [1.29, 1.82) is 0 Å². The van der Waals surface area contributed by atoms with Crippen molar-refractivity contribution in [1.82, 2.24) is 20.1 Å². The predicted molar refractivity (Wildman–Crippen MR) is 207 cm³/mol. The van der Waals surface area contributed by atoms with Crippen molar-refractivity contribution < 1.29 is 24.2 Å². The molecule has 13 atom stereocenters. The lowest BCUT2D eigenvalue weighted by Crippen LogP contribution is -2.70. The number of fused-ring (bicyclic) bond motifs is 3. The summed E-state index contributed by atoms with van der Waals surface area (Å²) < 4.78 is 15.9. The first-order chi connectivity index (χ1) is 24.6. The summed E-state index contributed by atoms with van der Waals surface area (Å²) in [6, 6.07) is -0.280. The van der Waals surface area contributed by atoms with E-state index in [0.29, 0.717) is 38.0 Å². The maximum Gasteiger partial charge on any atom is 0.307 e. The van der Waals surface area contributed by atoms with Crippen molar-refractivity contribution in [3.8, 4) is 0 Å². The minimum Gasteiger partial charge on any atom is -0.481 e. The standard InChI is InChI=1S/C43H71N5O5/c1-13-27(6)47-36(49)35-45-24-46-48(35)31-20-38(8)21-52-23-43(34(31)53-22-42(12,44)26(4)5)30-16-17-41(11)33(37(50)51)39(9,28(7)25(2)3)18-19-40(41,10)29(30)14-15-32(38)43/h16,24-29,31-34H,13-15,17-23,44H2,1-12H3,(H,47,49)(H,50,51)/t27-,28-,29+,31-,32-,33-,34+,38-,39-,40-,41+,42+,43+/m1/s1. The minimum absolute atomic E-state index is 0.000342. The Morgan fingerprint density at radius 1 is 1.09 bits per heavy atom. The molecule has 4 N–H and O–H groups in total. The van der Waals surface area contributed by atoms with Crippen molar-refractivity contribution in [2.75, 3.05) is 19.8 Å². The topological polar surface area (TPSA) is 142 Å². The zero-order valence-corrected chi connectivity index (χ0v) is 34.9. The summed E-state index contributed by atoms with van der Waals surface area (Å²) in [5.74, 6) is 0.256. The number of carbonyl (C=O) groups is 2. The lowest BCUT2D eigenvalue weighted by atomic mass is 9.34. The van der Waals surface area contributed by atoms with E-state index in [2.05, 4.69) is 92.5 Å². The van der Waals surface area contributed by atoms with Crippen molar-refractivity contribution in [3.63, 3.8) is 0 Å². The number of amides is 1. The first-order valence-electron chi connectivity index (χ1n) is 20.8. The van der Waals surface area contributed by atoms with Crippen LogP contribution < -0.4 is 11.1 Å². The highest BCUT2D eigenvalue weighted by molar-refractivity contribution is 5.90. The second-order valence-corrected chi connectivity index (χ2v) is 20.4. The molecule has 53 heavy (non-hydrogen) atoms. The molecule has 0 unspecified atom stereocenters. The van der Waals surface area contributed by atoms with E-state index in [1.54, 1.807) is 0 Å². The van der Waals surface area contributed by atoms with Crippen LogP contribution in [0, 0.1) is 62.6 Å². The van der Waals surface area contributed by atoms with Gasteiger partial charge in [0.1, 0.15) is 6.33 Å². The molecule has 1 saturated heterocycles.